The topological polar surface area (TPSA) is 89.8 Å². The average molecular weight is 792 g/mol. The molecule has 0 aromatic carbocycles. The molecule has 0 aliphatic carbocycles. The van der Waals surface area contributed by atoms with Gasteiger partial charge in [0.25, 0.3) is 0 Å². The molecule has 0 spiro atoms. The minimum atomic E-state index is -1.07. The zero-order valence-corrected chi connectivity index (χ0v) is 38.0. The standard InChI is InChI=1S/C51H101NO4/c1-3-5-7-9-11-13-15-16-17-18-19-20-21-22-23-24-25-26-27-28-29-30-31-32-33-34-36-38-40-42-44-46-50(55)51(56)52-48(47-53)49(54)45-43-41-39-37-35-14-12-10-8-6-4-2/h22-23,48-50,53-55H,3-21,24-47H2,1-2H3,(H,52,56)/b23-22-. The Morgan fingerprint density at radius 1 is 0.411 bits per heavy atom. The number of unbranched alkanes of at least 4 members (excludes halogenated alkanes) is 37. The number of allylic oxidation sites excluding steroid dienone is 2. The molecule has 0 rings (SSSR count). The highest BCUT2D eigenvalue weighted by molar-refractivity contribution is 5.80. The second-order valence-electron chi connectivity index (χ2n) is 17.7. The van der Waals surface area contributed by atoms with Gasteiger partial charge in [-0.15, -0.1) is 0 Å². The van der Waals surface area contributed by atoms with E-state index in [4.69, 9.17) is 0 Å². The van der Waals surface area contributed by atoms with Gasteiger partial charge >= 0.3 is 0 Å². The van der Waals surface area contributed by atoms with Crippen molar-refractivity contribution in [2.45, 2.75) is 302 Å². The number of hydrogen-bond donors (Lipinski definition) is 4. The summed E-state index contributed by atoms with van der Waals surface area (Å²) in [5, 5.41) is 33.3. The van der Waals surface area contributed by atoms with Crippen LogP contribution in [0.1, 0.15) is 284 Å². The van der Waals surface area contributed by atoms with Gasteiger partial charge in [-0.1, -0.05) is 257 Å². The third-order valence-electron chi connectivity index (χ3n) is 12.1. The van der Waals surface area contributed by atoms with Gasteiger partial charge in [0.1, 0.15) is 6.10 Å². The second kappa shape index (κ2) is 46.8. The van der Waals surface area contributed by atoms with Crippen molar-refractivity contribution in [1.82, 2.24) is 5.32 Å². The monoisotopic (exact) mass is 792 g/mol. The van der Waals surface area contributed by atoms with E-state index in [1.807, 2.05) is 0 Å². The third-order valence-corrected chi connectivity index (χ3v) is 12.1. The van der Waals surface area contributed by atoms with E-state index >= 15 is 0 Å². The van der Waals surface area contributed by atoms with Crippen molar-refractivity contribution in [3.8, 4) is 0 Å². The van der Waals surface area contributed by atoms with Gasteiger partial charge in [-0.2, -0.15) is 0 Å². The molecule has 0 aromatic rings. The van der Waals surface area contributed by atoms with Crippen LogP contribution in [0.15, 0.2) is 12.2 Å². The SMILES string of the molecule is CCCCCCCCCCCCCC/C=C\CCCCCCCCCCCCCCCCCC(O)C(=O)NC(CO)C(O)CCCCCCCCCCCCC. The summed E-state index contributed by atoms with van der Waals surface area (Å²) in [7, 11) is 0. The summed E-state index contributed by atoms with van der Waals surface area (Å²) < 4.78 is 0. The van der Waals surface area contributed by atoms with E-state index in [1.165, 1.54) is 225 Å². The van der Waals surface area contributed by atoms with Crippen LogP contribution in [0.25, 0.3) is 0 Å². The number of rotatable bonds is 47. The van der Waals surface area contributed by atoms with E-state index in [0.717, 1.165) is 32.1 Å². The molecule has 56 heavy (non-hydrogen) atoms. The number of aliphatic hydroxyl groups excluding tert-OH is 3. The Hall–Kier alpha value is -0.910. The number of carbonyl (C=O) groups is 1. The van der Waals surface area contributed by atoms with E-state index in [1.54, 1.807) is 0 Å². The first-order valence-electron chi connectivity index (χ1n) is 25.5. The highest BCUT2D eigenvalue weighted by Crippen LogP contribution is 2.17. The van der Waals surface area contributed by atoms with Crippen molar-refractivity contribution in [3.63, 3.8) is 0 Å². The van der Waals surface area contributed by atoms with Crippen LogP contribution in [-0.4, -0.2) is 46.1 Å². The average Bonchev–Trinajstić information content (AvgIpc) is 3.20. The molecule has 0 heterocycles. The molecule has 0 bridgehead atoms. The van der Waals surface area contributed by atoms with Gasteiger partial charge in [-0.25, -0.2) is 0 Å². The van der Waals surface area contributed by atoms with Crippen LogP contribution in [0, 0.1) is 0 Å². The van der Waals surface area contributed by atoms with Crippen molar-refractivity contribution >= 4 is 5.91 Å². The third kappa shape index (κ3) is 41.3. The first-order valence-corrected chi connectivity index (χ1v) is 25.5. The highest BCUT2D eigenvalue weighted by atomic mass is 16.3. The maximum atomic E-state index is 12.5. The largest absolute Gasteiger partial charge is 0.394 e. The molecule has 334 valence electrons. The van der Waals surface area contributed by atoms with Crippen LogP contribution >= 0.6 is 0 Å². The summed E-state index contributed by atoms with van der Waals surface area (Å²) in [6.07, 6.45) is 56.8. The lowest BCUT2D eigenvalue weighted by Crippen LogP contribution is -2.49. The molecule has 0 aliphatic heterocycles. The lowest BCUT2D eigenvalue weighted by molar-refractivity contribution is -0.131. The lowest BCUT2D eigenvalue weighted by atomic mass is 10.0. The Balaban J connectivity index is 3.46. The van der Waals surface area contributed by atoms with Crippen LogP contribution in [0.4, 0.5) is 0 Å². The quantitative estimate of drug-likeness (QED) is 0.0365. The normalized spacial score (nSPS) is 13.4. The molecule has 0 fully saturated rings. The number of aliphatic hydroxyl groups is 3. The van der Waals surface area contributed by atoms with Crippen LogP contribution in [0.3, 0.4) is 0 Å². The van der Waals surface area contributed by atoms with Crippen molar-refractivity contribution in [1.29, 1.82) is 0 Å². The molecule has 0 radical (unpaired) electrons. The number of hydrogen-bond acceptors (Lipinski definition) is 4. The lowest BCUT2D eigenvalue weighted by Gasteiger charge is -2.23. The molecule has 5 nitrogen and oxygen atoms in total. The molecule has 0 saturated carbocycles. The van der Waals surface area contributed by atoms with Gasteiger partial charge in [0.15, 0.2) is 0 Å². The first kappa shape index (κ1) is 55.1. The molecule has 0 aromatic heterocycles. The molecule has 4 N–H and O–H groups in total. The number of amides is 1. The Morgan fingerprint density at radius 2 is 0.679 bits per heavy atom. The molecule has 0 aliphatic rings. The molecule has 3 unspecified atom stereocenters. The van der Waals surface area contributed by atoms with Crippen molar-refractivity contribution in [2.75, 3.05) is 6.61 Å². The fourth-order valence-corrected chi connectivity index (χ4v) is 8.13. The van der Waals surface area contributed by atoms with Gasteiger partial charge in [0.05, 0.1) is 18.8 Å². The van der Waals surface area contributed by atoms with Gasteiger partial charge in [-0.3, -0.25) is 4.79 Å². The van der Waals surface area contributed by atoms with Gasteiger partial charge in [-0.05, 0) is 38.5 Å². The number of carbonyl (C=O) groups excluding carboxylic acids is 1. The highest BCUT2D eigenvalue weighted by Gasteiger charge is 2.23. The fourth-order valence-electron chi connectivity index (χ4n) is 8.13. The van der Waals surface area contributed by atoms with Gasteiger partial charge < -0.3 is 20.6 Å². The Bertz CT molecular complexity index is 788. The van der Waals surface area contributed by atoms with E-state index in [9.17, 15) is 20.1 Å². The summed E-state index contributed by atoms with van der Waals surface area (Å²) in [6.45, 7) is 4.24. The summed E-state index contributed by atoms with van der Waals surface area (Å²) in [6, 6.07) is -0.707. The van der Waals surface area contributed by atoms with Crippen molar-refractivity contribution in [2.24, 2.45) is 0 Å². The van der Waals surface area contributed by atoms with E-state index in [2.05, 4.69) is 31.3 Å². The minimum absolute atomic E-state index is 0.310. The number of nitrogens with one attached hydrogen (secondary N) is 1. The van der Waals surface area contributed by atoms with Crippen LogP contribution < -0.4 is 5.32 Å². The predicted molar refractivity (Wildman–Crippen MR) is 245 cm³/mol. The molecule has 5 heteroatoms. The maximum Gasteiger partial charge on any atom is 0.249 e. The van der Waals surface area contributed by atoms with Gasteiger partial charge in [0, 0.05) is 0 Å². The molecule has 3 atom stereocenters. The van der Waals surface area contributed by atoms with Crippen molar-refractivity contribution < 1.29 is 20.1 Å². The zero-order chi connectivity index (χ0) is 40.8. The summed E-state index contributed by atoms with van der Waals surface area (Å²) in [4.78, 5) is 12.5. The molecule has 0 saturated heterocycles. The smallest absolute Gasteiger partial charge is 0.249 e. The van der Waals surface area contributed by atoms with Crippen LogP contribution in [0.5, 0.6) is 0 Å². The summed E-state index contributed by atoms with van der Waals surface area (Å²) in [5.41, 5.74) is 0. The Morgan fingerprint density at radius 3 is 0.982 bits per heavy atom. The van der Waals surface area contributed by atoms with E-state index in [-0.39, 0.29) is 6.61 Å². The Labute approximate surface area is 350 Å². The predicted octanol–water partition coefficient (Wildman–Crippen LogP) is 15.2. The molecule has 1 amide bonds. The van der Waals surface area contributed by atoms with Crippen LogP contribution in [0.2, 0.25) is 0 Å². The minimum Gasteiger partial charge on any atom is -0.394 e. The van der Waals surface area contributed by atoms with Crippen molar-refractivity contribution in [3.05, 3.63) is 12.2 Å². The molecular weight excluding hydrogens is 691 g/mol. The fraction of sp³-hybridized carbons (Fsp3) is 0.941. The summed E-state index contributed by atoms with van der Waals surface area (Å²) in [5.74, 6) is -0.468. The zero-order valence-electron chi connectivity index (χ0n) is 38.0. The van der Waals surface area contributed by atoms with E-state index < -0.39 is 24.2 Å². The van der Waals surface area contributed by atoms with Crippen LogP contribution in [-0.2, 0) is 4.79 Å². The second-order valence-corrected chi connectivity index (χ2v) is 17.7. The molecular formula is C51H101NO4. The maximum absolute atomic E-state index is 12.5. The summed E-state index contributed by atoms with van der Waals surface area (Å²) >= 11 is 0. The van der Waals surface area contributed by atoms with E-state index in [0.29, 0.717) is 12.8 Å². The Kier molecular flexibility index (Phi) is 46.0. The first-order chi connectivity index (χ1) is 27.6. The van der Waals surface area contributed by atoms with Gasteiger partial charge in [0.2, 0.25) is 5.91 Å².